The molecule has 3 aromatic rings. The molecule has 0 unspecified atom stereocenters. The lowest BCUT2D eigenvalue weighted by molar-refractivity contribution is 0.0181. The van der Waals surface area contributed by atoms with Crippen molar-refractivity contribution in [2.24, 2.45) is 0 Å². The second kappa shape index (κ2) is 11.4. The first-order valence-electron chi connectivity index (χ1n) is 10.8. The second-order valence-electron chi connectivity index (χ2n) is 7.48. The van der Waals surface area contributed by atoms with E-state index in [-0.39, 0.29) is 31.4 Å². The summed E-state index contributed by atoms with van der Waals surface area (Å²) in [4.78, 5) is 36.9. The maximum atomic E-state index is 12.3. The molecule has 0 aliphatic rings. The number of aromatic amines is 1. The van der Waals surface area contributed by atoms with Crippen LogP contribution in [0, 0.1) is 0 Å². The molecular weight excluding hydrogens is 412 g/mol. The fraction of sp³-hybridized carbons (Fsp3) is 0.455. The Balaban J connectivity index is 1.44. The summed E-state index contributed by atoms with van der Waals surface area (Å²) in [7, 11) is 0. The number of anilines is 1. The summed E-state index contributed by atoms with van der Waals surface area (Å²) in [5, 5.41) is 0. The van der Waals surface area contributed by atoms with Crippen molar-refractivity contribution in [3.8, 4) is 0 Å². The largest absolute Gasteiger partial charge is 0.460 e. The van der Waals surface area contributed by atoms with Gasteiger partial charge in [-0.2, -0.15) is 4.98 Å². The Morgan fingerprint density at radius 1 is 1.16 bits per heavy atom. The molecule has 3 rings (SSSR count). The van der Waals surface area contributed by atoms with Crippen molar-refractivity contribution in [3.63, 3.8) is 0 Å². The van der Waals surface area contributed by atoms with Crippen LogP contribution in [0.25, 0.3) is 11.2 Å². The number of H-pyrrole nitrogens is 1. The zero-order chi connectivity index (χ0) is 22.9. The highest BCUT2D eigenvalue weighted by atomic mass is 16.6. The van der Waals surface area contributed by atoms with Crippen LogP contribution in [0.2, 0.25) is 0 Å². The van der Waals surface area contributed by atoms with Gasteiger partial charge in [0.2, 0.25) is 5.95 Å². The van der Waals surface area contributed by atoms with Gasteiger partial charge >= 0.3 is 5.97 Å². The van der Waals surface area contributed by atoms with E-state index in [2.05, 4.69) is 33.7 Å². The normalized spacial score (nSPS) is 11.3. The smallest absolute Gasteiger partial charge is 0.338 e. The third-order valence-electron chi connectivity index (χ3n) is 4.86. The van der Waals surface area contributed by atoms with Gasteiger partial charge in [0.05, 0.1) is 18.5 Å². The van der Waals surface area contributed by atoms with Gasteiger partial charge in [-0.3, -0.25) is 19.2 Å². The average Bonchev–Trinajstić information content (AvgIpc) is 3.17. The molecule has 2 aromatic heterocycles. The van der Waals surface area contributed by atoms with E-state index in [1.807, 2.05) is 12.1 Å². The van der Waals surface area contributed by atoms with Crippen molar-refractivity contribution in [1.29, 1.82) is 0 Å². The van der Waals surface area contributed by atoms with Gasteiger partial charge in [0.15, 0.2) is 11.2 Å². The molecule has 0 fully saturated rings. The van der Waals surface area contributed by atoms with Crippen LogP contribution in [0.1, 0.15) is 42.6 Å². The molecule has 0 atom stereocenters. The number of benzene rings is 1. The van der Waals surface area contributed by atoms with Crippen LogP contribution in [-0.2, 0) is 22.7 Å². The number of carbonyl (C=O) groups is 1. The number of fused-ring (bicyclic) bond motifs is 1. The summed E-state index contributed by atoms with van der Waals surface area (Å²) in [6, 6.07) is 7.52. The molecule has 0 amide bonds. The number of nitrogens with one attached hydrogen (secondary N) is 1. The number of esters is 1. The van der Waals surface area contributed by atoms with Crippen molar-refractivity contribution < 1.29 is 14.3 Å². The predicted molar refractivity (Wildman–Crippen MR) is 121 cm³/mol. The summed E-state index contributed by atoms with van der Waals surface area (Å²) in [6.45, 7) is 7.74. The highest BCUT2D eigenvalue weighted by molar-refractivity contribution is 5.89. The van der Waals surface area contributed by atoms with E-state index >= 15 is 0 Å². The third-order valence-corrected chi connectivity index (χ3v) is 4.86. The Morgan fingerprint density at radius 3 is 2.56 bits per heavy atom. The maximum Gasteiger partial charge on any atom is 0.338 e. The van der Waals surface area contributed by atoms with Gasteiger partial charge in [-0.05, 0) is 43.6 Å². The fourth-order valence-corrected chi connectivity index (χ4v) is 3.41. The topological polar surface area (TPSA) is 128 Å². The molecule has 172 valence electrons. The highest BCUT2D eigenvalue weighted by Crippen LogP contribution is 2.10. The van der Waals surface area contributed by atoms with Crippen LogP contribution in [-0.4, -0.2) is 56.7 Å². The van der Waals surface area contributed by atoms with E-state index in [0.29, 0.717) is 11.2 Å². The van der Waals surface area contributed by atoms with E-state index in [1.54, 1.807) is 16.7 Å². The molecule has 0 aliphatic heterocycles. The zero-order valence-corrected chi connectivity index (χ0v) is 18.5. The molecule has 0 saturated carbocycles. The Kier molecular flexibility index (Phi) is 8.34. The molecule has 0 spiro atoms. The first-order valence-corrected chi connectivity index (χ1v) is 10.8. The number of nitrogens with two attached hydrogens (primary N) is 1. The van der Waals surface area contributed by atoms with E-state index in [4.69, 9.17) is 15.2 Å². The first kappa shape index (κ1) is 23.4. The second-order valence-corrected chi connectivity index (χ2v) is 7.48. The van der Waals surface area contributed by atoms with Gasteiger partial charge in [-0.1, -0.05) is 26.0 Å². The van der Waals surface area contributed by atoms with Crippen molar-refractivity contribution >= 4 is 23.1 Å². The maximum absolute atomic E-state index is 12.3. The van der Waals surface area contributed by atoms with Crippen LogP contribution >= 0.6 is 0 Å². The number of imidazole rings is 1. The number of nitrogens with zero attached hydrogens (tertiary/aromatic N) is 4. The van der Waals surface area contributed by atoms with E-state index in [1.165, 1.54) is 11.9 Å². The molecular formula is C22H30N6O4. The third kappa shape index (κ3) is 6.14. The summed E-state index contributed by atoms with van der Waals surface area (Å²) in [5.74, 6) is -0.388. The average molecular weight is 443 g/mol. The van der Waals surface area contributed by atoms with Gasteiger partial charge < -0.3 is 15.2 Å². The van der Waals surface area contributed by atoms with Gasteiger partial charge in [-0.25, -0.2) is 9.78 Å². The number of rotatable bonds is 12. The van der Waals surface area contributed by atoms with Crippen LogP contribution in [0.4, 0.5) is 5.95 Å². The van der Waals surface area contributed by atoms with Crippen molar-refractivity contribution in [3.05, 3.63) is 52.1 Å². The minimum atomic E-state index is -0.408. The van der Waals surface area contributed by atoms with E-state index < -0.39 is 11.5 Å². The summed E-state index contributed by atoms with van der Waals surface area (Å²) >= 11 is 0. The molecule has 0 aliphatic carbocycles. The number of aromatic nitrogens is 4. The lowest BCUT2D eigenvalue weighted by atomic mass is 10.1. The van der Waals surface area contributed by atoms with Crippen molar-refractivity contribution in [2.75, 3.05) is 32.0 Å². The molecule has 0 saturated heterocycles. The minimum absolute atomic E-state index is 0.00707. The number of hydrogen-bond donors (Lipinski definition) is 2. The molecule has 0 bridgehead atoms. The Morgan fingerprint density at radius 2 is 1.88 bits per heavy atom. The van der Waals surface area contributed by atoms with Crippen LogP contribution in [0.15, 0.2) is 35.4 Å². The Labute approximate surface area is 186 Å². The predicted octanol–water partition coefficient (Wildman–Crippen LogP) is 2.15. The fourth-order valence-electron chi connectivity index (χ4n) is 3.41. The molecule has 2 heterocycles. The summed E-state index contributed by atoms with van der Waals surface area (Å²) in [6.07, 6.45) is 3.68. The standard InChI is InChI=1S/C22H30N6O4/c1-3-9-27(10-4-2)13-16-5-7-17(8-6-16)21(30)32-12-11-31-15-28-14-24-18-19(28)25-22(23)26-20(18)29/h5-8,14H,3-4,9-13,15H2,1-2H3,(H3,23,25,26,29). The number of hydrogen-bond acceptors (Lipinski definition) is 8. The van der Waals surface area contributed by atoms with Gasteiger partial charge in [0.1, 0.15) is 13.3 Å². The molecule has 0 radical (unpaired) electrons. The molecule has 10 heteroatoms. The first-order chi connectivity index (χ1) is 15.5. The lowest BCUT2D eigenvalue weighted by Gasteiger charge is -2.21. The highest BCUT2D eigenvalue weighted by Gasteiger charge is 2.11. The monoisotopic (exact) mass is 442 g/mol. The van der Waals surface area contributed by atoms with E-state index in [9.17, 15) is 9.59 Å². The van der Waals surface area contributed by atoms with Crippen molar-refractivity contribution in [2.45, 2.75) is 40.0 Å². The molecule has 1 aromatic carbocycles. The SMILES string of the molecule is CCCN(CCC)Cc1ccc(C(=O)OCCOCn2cnc3c(=O)[nH]c(N)nc32)cc1. The number of carbonyl (C=O) groups excluding carboxylic acids is 1. The summed E-state index contributed by atoms with van der Waals surface area (Å²) in [5.41, 5.74) is 7.36. The van der Waals surface area contributed by atoms with Gasteiger partial charge in [0, 0.05) is 6.54 Å². The van der Waals surface area contributed by atoms with Crippen LogP contribution < -0.4 is 11.3 Å². The zero-order valence-electron chi connectivity index (χ0n) is 18.5. The molecule has 32 heavy (non-hydrogen) atoms. The van der Waals surface area contributed by atoms with Crippen molar-refractivity contribution in [1.82, 2.24) is 24.4 Å². The lowest BCUT2D eigenvalue weighted by Crippen LogP contribution is -2.24. The number of ether oxygens (including phenoxy) is 2. The van der Waals surface area contributed by atoms with Crippen LogP contribution in [0.5, 0.6) is 0 Å². The Bertz CT molecular complexity index is 1070. The molecule has 3 N–H and O–H groups in total. The van der Waals surface area contributed by atoms with Gasteiger partial charge in [0.25, 0.3) is 5.56 Å². The quantitative estimate of drug-likeness (QED) is 0.323. The van der Waals surface area contributed by atoms with E-state index in [0.717, 1.165) is 32.5 Å². The summed E-state index contributed by atoms with van der Waals surface area (Å²) < 4.78 is 12.3. The number of nitrogen functional groups attached to an aromatic ring is 1. The van der Waals surface area contributed by atoms with Gasteiger partial charge in [-0.15, -0.1) is 0 Å². The van der Waals surface area contributed by atoms with Crippen LogP contribution in [0.3, 0.4) is 0 Å². The Hall–Kier alpha value is -3.24. The minimum Gasteiger partial charge on any atom is -0.460 e. The molecule has 10 nitrogen and oxygen atoms in total.